The van der Waals surface area contributed by atoms with E-state index >= 15 is 0 Å². The van der Waals surface area contributed by atoms with Crippen LogP contribution in [0.5, 0.6) is 0 Å². The van der Waals surface area contributed by atoms with E-state index in [2.05, 4.69) is 15.9 Å². The first kappa shape index (κ1) is 24.6. The van der Waals surface area contributed by atoms with E-state index in [9.17, 15) is 23.7 Å². The Morgan fingerprint density at radius 3 is 2.35 bits per heavy atom. The molecule has 8 nitrogen and oxygen atoms in total. The van der Waals surface area contributed by atoms with Crippen LogP contribution in [0.1, 0.15) is 11.1 Å². The topological polar surface area (TPSA) is 123 Å². The summed E-state index contributed by atoms with van der Waals surface area (Å²) in [6.07, 6.45) is -6.38. The van der Waals surface area contributed by atoms with Crippen LogP contribution in [0.15, 0.2) is 51.8 Å². The maximum absolute atomic E-state index is 12.5. The van der Waals surface area contributed by atoms with Crippen molar-refractivity contribution < 1.29 is 37.4 Å². The van der Waals surface area contributed by atoms with E-state index < -0.39 is 46.9 Å². The Morgan fingerprint density at radius 1 is 1.13 bits per heavy atom. The van der Waals surface area contributed by atoms with Crippen molar-refractivity contribution in [3.63, 3.8) is 0 Å². The Balaban J connectivity index is 1.88. The Morgan fingerprint density at radius 2 is 1.77 bits per heavy atom. The molecule has 2 aromatic carbocycles. The van der Waals surface area contributed by atoms with Crippen molar-refractivity contribution in [2.75, 3.05) is 13.7 Å². The molecule has 2 aromatic rings. The molecule has 0 unspecified atom stereocenters. The fraction of sp³-hybridized carbons (Fsp3) is 0.400. The highest BCUT2D eigenvalue weighted by Crippen LogP contribution is 2.41. The number of aryl methyl sites for hydroxylation is 1. The third-order valence-corrected chi connectivity index (χ3v) is 7.60. The molecule has 0 spiro atoms. The predicted octanol–water partition coefficient (Wildman–Crippen LogP) is 2.10. The zero-order valence-electron chi connectivity index (χ0n) is 16.6. The van der Waals surface area contributed by atoms with Gasteiger partial charge in [0.05, 0.1) is 16.5 Å². The minimum Gasteiger partial charge on any atom is -0.387 e. The molecular formula is C20H22BrClO8S. The van der Waals surface area contributed by atoms with E-state index in [-0.39, 0.29) is 10.5 Å². The van der Waals surface area contributed by atoms with E-state index in [4.69, 9.17) is 25.3 Å². The summed E-state index contributed by atoms with van der Waals surface area (Å²) >= 11 is 9.30. The van der Waals surface area contributed by atoms with Crippen LogP contribution in [-0.2, 0) is 29.6 Å². The number of ether oxygens (including phenoxy) is 2. The smallest absolute Gasteiger partial charge is 0.297 e. The molecular weight excluding hydrogens is 516 g/mol. The van der Waals surface area contributed by atoms with Crippen molar-refractivity contribution in [2.24, 2.45) is 0 Å². The van der Waals surface area contributed by atoms with Crippen LogP contribution in [0.4, 0.5) is 0 Å². The lowest BCUT2D eigenvalue weighted by Gasteiger charge is -2.47. The minimum atomic E-state index is -4.15. The average molecular weight is 538 g/mol. The Bertz CT molecular complexity index is 1030. The van der Waals surface area contributed by atoms with Gasteiger partial charge < -0.3 is 24.8 Å². The van der Waals surface area contributed by atoms with Crippen molar-refractivity contribution in [1.82, 2.24) is 0 Å². The molecule has 5 atom stereocenters. The van der Waals surface area contributed by atoms with Gasteiger partial charge in [-0.25, -0.2) is 0 Å². The summed E-state index contributed by atoms with van der Waals surface area (Å²) in [5, 5.41) is 31.9. The summed E-state index contributed by atoms with van der Waals surface area (Å²) in [5.74, 6) is -1.91. The van der Waals surface area contributed by atoms with Crippen molar-refractivity contribution in [3.05, 3.63) is 63.1 Å². The monoisotopic (exact) mass is 536 g/mol. The van der Waals surface area contributed by atoms with Gasteiger partial charge in [0.15, 0.2) is 0 Å². The lowest BCUT2D eigenvalue weighted by molar-refractivity contribution is -0.365. The first-order valence-corrected chi connectivity index (χ1v) is 11.8. The first-order valence-electron chi connectivity index (χ1n) is 9.20. The summed E-state index contributed by atoms with van der Waals surface area (Å²) in [6.45, 7) is 1.19. The third-order valence-electron chi connectivity index (χ3n) is 5.09. The summed E-state index contributed by atoms with van der Waals surface area (Å²) in [5.41, 5.74) is 1.16. The maximum atomic E-state index is 12.5. The average Bonchev–Trinajstić information content (AvgIpc) is 2.74. The summed E-state index contributed by atoms with van der Waals surface area (Å²) in [4.78, 5) is -0.0661. The van der Waals surface area contributed by atoms with Gasteiger partial charge in [0.25, 0.3) is 10.1 Å². The normalized spacial score (nSPS) is 29.1. The molecule has 0 saturated carbocycles. The second-order valence-electron chi connectivity index (χ2n) is 7.13. The Labute approximate surface area is 193 Å². The summed E-state index contributed by atoms with van der Waals surface area (Å²) < 4.78 is 41.8. The Hall–Kier alpha value is -1.08. The van der Waals surface area contributed by atoms with Crippen LogP contribution in [0, 0.1) is 6.92 Å². The van der Waals surface area contributed by atoms with Crippen molar-refractivity contribution >= 4 is 37.6 Å². The zero-order valence-corrected chi connectivity index (χ0v) is 19.8. The molecule has 0 aromatic heterocycles. The maximum Gasteiger partial charge on any atom is 0.297 e. The quantitative estimate of drug-likeness (QED) is 0.479. The van der Waals surface area contributed by atoms with Crippen LogP contribution in [-0.4, -0.2) is 61.9 Å². The number of hydrogen-bond acceptors (Lipinski definition) is 8. The molecule has 31 heavy (non-hydrogen) atoms. The number of benzene rings is 2. The molecule has 1 fully saturated rings. The lowest BCUT2D eigenvalue weighted by atomic mass is 9.88. The van der Waals surface area contributed by atoms with Crippen LogP contribution in [0.2, 0.25) is 5.02 Å². The third kappa shape index (κ3) is 4.82. The van der Waals surface area contributed by atoms with Gasteiger partial charge >= 0.3 is 0 Å². The van der Waals surface area contributed by atoms with Crippen LogP contribution in [0.25, 0.3) is 0 Å². The van der Waals surface area contributed by atoms with E-state index in [0.29, 0.717) is 9.50 Å². The van der Waals surface area contributed by atoms with Gasteiger partial charge in [-0.2, -0.15) is 8.42 Å². The van der Waals surface area contributed by atoms with Gasteiger partial charge in [0.2, 0.25) is 5.79 Å². The van der Waals surface area contributed by atoms with E-state index in [1.165, 1.54) is 37.4 Å². The molecule has 1 aliphatic heterocycles. The molecule has 1 aliphatic rings. The SMILES string of the molecule is CO[C@@]1(c2ccc(Cl)c(Br)c2)O[C@H](COS(=O)(=O)c2ccc(C)cc2)[C@@H](O)[C@H](O)[C@H]1O. The Kier molecular flexibility index (Phi) is 7.46. The molecule has 1 heterocycles. The molecule has 11 heteroatoms. The lowest BCUT2D eigenvalue weighted by Crippen LogP contribution is -2.64. The first-order chi connectivity index (χ1) is 14.5. The highest BCUT2D eigenvalue weighted by molar-refractivity contribution is 9.10. The number of methoxy groups -OCH3 is 1. The van der Waals surface area contributed by atoms with Gasteiger partial charge in [0.1, 0.15) is 24.4 Å². The molecule has 0 radical (unpaired) electrons. The van der Waals surface area contributed by atoms with Gasteiger partial charge in [-0.15, -0.1) is 0 Å². The zero-order chi connectivity index (χ0) is 23.0. The number of rotatable bonds is 6. The highest BCUT2D eigenvalue weighted by atomic mass is 79.9. The van der Waals surface area contributed by atoms with Crippen LogP contribution >= 0.6 is 27.5 Å². The number of aliphatic hydroxyl groups excluding tert-OH is 3. The van der Waals surface area contributed by atoms with E-state index in [1.807, 2.05) is 6.92 Å². The number of halogens is 2. The molecule has 1 saturated heterocycles. The summed E-state index contributed by atoms with van der Waals surface area (Å²) in [6, 6.07) is 10.6. The second kappa shape index (κ2) is 9.42. The van der Waals surface area contributed by atoms with Crippen molar-refractivity contribution in [2.45, 2.75) is 42.0 Å². The van der Waals surface area contributed by atoms with Gasteiger partial charge in [-0.1, -0.05) is 35.4 Å². The molecule has 3 N–H and O–H groups in total. The summed E-state index contributed by atoms with van der Waals surface area (Å²) in [7, 11) is -2.91. The molecule has 170 valence electrons. The second-order valence-corrected chi connectivity index (χ2v) is 10.0. The molecule has 0 bridgehead atoms. The highest BCUT2D eigenvalue weighted by Gasteiger charge is 2.55. The van der Waals surface area contributed by atoms with E-state index in [1.54, 1.807) is 12.1 Å². The van der Waals surface area contributed by atoms with Crippen molar-refractivity contribution in [1.29, 1.82) is 0 Å². The van der Waals surface area contributed by atoms with Gasteiger partial charge in [-0.05, 0) is 47.1 Å². The van der Waals surface area contributed by atoms with Gasteiger partial charge in [-0.3, -0.25) is 4.18 Å². The standard InChI is InChI=1S/C20H22BrClO8S/c1-11-3-6-13(7-4-11)31(26,27)29-10-16-17(23)18(24)19(25)20(28-2,30-16)12-5-8-15(22)14(21)9-12/h3-9,16-19,23-25H,10H2,1-2H3/t16-,17-,18+,19-,20+/m1/s1. The molecule has 0 amide bonds. The molecule has 3 rings (SSSR count). The fourth-order valence-corrected chi connectivity index (χ4v) is 4.71. The predicted molar refractivity (Wildman–Crippen MR) is 115 cm³/mol. The van der Waals surface area contributed by atoms with E-state index in [0.717, 1.165) is 5.56 Å². The van der Waals surface area contributed by atoms with Crippen LogP contribution < -0.4 is 0 Å². The largest absolute Gasteiger partial charge is 0.387 e. The van der Waals surface area contributed by atoms with Gasteiger partial charge in [0, 0.05) is 17.1 Å². The minimum absolute atomic E-state index is 0.0661. The fourth-order valence-electron chi connectivity index (χ4n) is 3.30. The number of hydrogen-bond donors (Lipinski definition) is 3. The van der Waals surface area contributed by atoms with Crippen molar-refractivity contribution in [3.8, 4) is 0 Å². The molecule has 0 aliphatic carbocycles. The number of aliphatic hydroxyl groups is 3. The van der Waals surface area contributed by atoms with Crippen LogP contribution in [0.3, 0.4) is 0 Å².